The van der Waals surface area contributed by atoms with E-state index in [1.54, 1.807) is 19.2 Å². The van der Waals surface area contributed by atoms with Crippen LogP contribution in [-0.4, -0.2) is 45.6 Å². The van der Waals surface area contributed by atoms with Crippen LogP contribution in [0.25, 0.3) is 0 Å². The molecule has 1 aromatic rings. The molecule has 9 heteroatoms. The molecule has 3 aliphatic rings. The molecule has 2 bridgehead atoms. The highest BCUT2D eigenvalue weighted by Gasteiger charge is 2.53. The summed E-state index contributed by atoms with van der Waals surface area (Å²) in [5, 5.41) is 0. The van der Waals surface area contributed by atoms with Gasteiger partial charge in [-0.15, -0.1) is 0 Å². The van der Waals surface area contributed by atoms with Crippen LogP contribution in [0.15, 0.2) is 24.3 Å². The summed E-state index contributed by atoms with van der Waals surface area (Å²) in [5.74, 6) is 1.06. The van der Waals surface area contributed by atoms with Crippen LogP contribution in [0, 0.1) is 17.8 Å². The summed E-state index contributed by atoms with van der Waals surface area (Å²) in [5.41, 5.74) is -5.08. The number of fused-ring (bicyclic) bond motifs is 2. The van der Waals surface area contributed by atoms with Gasteiger partial charge in [0.1, 0.15) is 11.4 Å². The van der Waals surface area contributed by atoms with Gasteiger partial charge in [-0.2, -0.15) is 21.6 Å². The molecular weight excluding hydrogens is 407 g/mol. The van der Waals surface area contributed by atoms with Crippen molar-refractivity contribution in [2.24, 2.45) is 17.8 Å². The van der Waals surface area contributed by atoms with E-state index in [1.807, 2.05) is 0 Å². The van der Waals surface area contributed by atoms with E-state index in [4.69, 9.17) is 4.74 Å². The number of rotatable bonds is 6. The van der Waals surface area contributed by atoms with Crippen LogP contribution in [0.5, 0.6) is 5.75 Å². The third-order valence-electron chi connectivity index (χ3n) is 6.62. The van der Waals surface area contributed by atoms with Crippen molar-refractivity contribution in [1.29, 1.82) is 0 Å². The molecule has 1 saturated heterocycles. The van der Waals surface area contributed by atoms with Crippen LogP contribution < -0.4 is 4.18 Å². The molecule has 162 valence electrons. The van der Waals surface area contributed by atoms with Crippen molar-refractivity contribution in [1.82, 2.24) is 4.90 Å². The van der Waals surface area contributed by atoms with Crippen molar-refractivity contribution in [3.05, 3.63) is 29.8 Å². The quantitative estimate of drug-likeness (QED) is 0.503. The molecule has 0 radical (unpaired) electrons. The van der Waals surface area contributed by atoms with E-state index < -0.39 is 21.2 Å². The van der Waals surface area contributed by atoms with Gasteiger partial charge in [0.15, 0.2) is 0 Å². The number of hydrogen-bond acceptors (Lipinski definition) is 5. The number of hydrogen-bond donors (Lipinski definition) is 0. The Hall–Kier alpha value is -1.32. The maximum absolute atomic E-state index is 12.6. The second-order valence-corrected chi connectivity index (χ2v) is 10.0. The number of nitrogens with zero attached hydrogens (tertiary/aromatic N) is 1. The van der Waals surface area contributed by atoms with E-state index in [-0.39, 0.29) is 5.75 Å². The van der Waals surface area contributed by atoms with Crippen LogP contribution in [0.1, 0.15) is 37.7 Å². The van der Waals surface area contributed by atoms with E-state index in [1.165, 1.54) is 25.0 Å². The molecule has 1 aromatic carbocycles. The second-order valence-electron chi connectivity index (χ2n) is 8.49. The van der Waals surface area contributed by atoms with Gasteiger partial charge < -0.3 is 13.8 Å². The standard InChI is InChI=1S/C20H26F3NO4S/c1-27-19(15-7-9-18(10-8-15)28-29(25,26)20(21,22)23)16-3-2-4-17(19)13-24(12-16)11-14-5-6-14/h7-10,14,16-17H,2-6,11-13H2,1H3/t16-,17+,19?. The fourth-order valence-corrected chi connectivity index (χ4v) is 5.67. The van der Waals surface area contributed by atoms with E-state index in [2.05, 4.69) is 9.08 Å². The maximum Gasteiger partial charge on any atom is 0.534 e. The van der Waals surface area contributed by atoms with E-state index in [9.17, 15) is 21.6 Å². The topological polar surface area (TPSA) is 55.8 Å². The summed E-state index contributed by atoms with van der Waals surface area (Å²) in [6.07, 6.45) is 5.83. The summed E-state index contributed by atoms with van der Waals surface area (Å²) >= 11 is 0. The normalized spacial score (nSPS) is 30.9. The van der Waals surface area contributed by atoms with Crippen LogP contribution in [0.4, 0.5) is 13.2 Å². The summed E-state index contributed by atoms with van der Waals surface area (Å²) in [6, 6.07) is 5.86. The van der Waals surface area contributed by atoms with Gasteiger partial charge in [0.2, 0.25) is 0 Å². The van der Waals surface area contributed by atoms with Gasteiger partial charge in [-0.1, -0.05) is 18.6 Å². The van der Waals surface area contributed by atoms with Crippen molar-refractivity contribution in [3.8, 4) is 5.75 Å². The molecule has 3 fully saturated rings. The van der Waals surface area contributed by atoms with Crippen molar-refractivity contribution in [2.75, 3.05) is 26.7 Å². The zero-order valence-corrected chi connectivity index (χ0v) is 17.1. The monoisotopic (exact) mass is 433 g/mol. The molecule has 2 aliphatic carbocycles. The fraction of sp³-hybridized carbons (Fsp3) is 0.700. The predicted molar refractivity (Wildman–Crippen MR) is 101 cm³/mol. The summed E-state index contributed by atoms with van der Waals surface area (Å²) in [7, 11) is -3.98. The molecule has 5 nitrogen and oxygen atoms in total. The third-order valence-corrected chi connectivity index (χ3v) is 7.60. The Labute approximate surface area is 169 Å². The van der Waals surface area contributed by atoms with Crippen LogP contribution in [-0.2, 0) is 20.5 Å². The highest BCUT2D eigenvalue weighted by molar-refractivity contribution is 7.88. The Bertz CT molecular complexity index is 822. The van der Waals surface area contributed by atoms with Crippen molar-refractivity contribution in [2.45, 2.75) is 43.2 Å². The Morgan fingerprint density at radius 1 is 1.07 bits per heavy atom. The summed E-state index contributed by atoms with van der Waals surface area (Å²) < 4.78 is 70.5. The number of alkyl halides is 3. The minimum Gasteiger partial charge on any atom is -0.376 e. The van der Waals surface area contributed by atoms with Crippen molar-refractivity contribution < 1.29 is 30.5 Å². The molecule has 3 atom stereocenters. The van der Waals surface area contributed by atoms with Gasteiger partial charge in [0.25, 0.3) is 0 Å². The first-order valence-corrected chi connectivity index (χ1v) is 11.5. The first-order valence-electron chi connectivity index (χ1n) is 10.0. The first kappa shape index (κ1) is 20.9. The molecule has 0 spiro atoms. The lowest BCUT2D eigenvalue weighted by atomic mass is 9.62. The molecular formula is C20H26F3NO4S. The largest absolute Gasteiger partial charge is 0.534 e. The van der Waals surface area contributed by atoms with Gasteiger partial charge in [-0.3, -0.25) is 0 Å². The number of piperidine rings is 1. The number of halogens is 3. The van der Waals surface area contributed by atoms with Gasteiger partial charge in [-0.25, -0.2) is 0 Å². The Balaban J connectivity index is 1.57. The number of benzene rings is 1. The van der Waals surface area contributed by atoms with Gasteiger partial charge in [-0.05, 0) is 49.3 Å². The highest BCUT2D eigenvalue weighted by atomic mass is 32.2. The Morgan fingerprint density at radius 2 is 1.66 bits per heavy atom. The van der Waals surface area contributed by atoms with Crippen LogP contribution >= 0.6 is 0 Å². The molecule has 1 aliphatic heterocycles. The van der Waals surface area contributed by atoms with Crippen molar-refractivity contribution in [3.63, 3.8) is 0 Å². The maximum atomic E-state index is 12.6. The lowest BCUT2D eigenvalue weighted by molar-refractivity contribution is -0.169. The van der Waals surface area contributed by atoms with Crippen LogP contribution in [0.3, 0.4) is 0 Å². The Kier molecular flexibility index (Phi) is 5.36. The fourth-order valence-electron chi connectivity index (χ4n) is 5.21. The second kappa shape index (κ2) is 7.42. The van der Waals surface area contributed by atoms with Gasteiger partial charge in [0, 0.05) is 38.6 Å². The highest BCUT2D eigenvalue weighted by Crippen LogP contribution is 2.52. The molecule has 1 heterocycles. The molecule has 1 unspecified atom stereocenters. The Morgan fingerprint density at radius 3 is 2.14 bits per heavy atom. The van der Waals surface area contributed by atoms with E-state index in [0.717, 1.165) is 50.4 Å². The molecule has 0 N–H and O–H groups in total. The summed E-state index contributed by atoms with van der Waals surface area (Å²) in [4.78, 5) is 2.54. The van der Waals surface area contributed by atoms with E-state index >= 15 is 0 Å². The number of ether oxygens (including phenoxy) is 1. The minimum absolute atomic E-state index is 0.296. The van der Waals surface area contributed by atoms with E-state index in [0.29, 0.717) is 11.8 Å². The molecule has 0 aromatic heterocycles. The number of likely N-dealkylation sites (tertiary alicyclic amines) is 1. The SMILES string of the molecule is COC1(c2ccc(OS(=O)(=O)C(F)(F)F)cc2)[C@@H]2CCC[C@H]1CN(CC1CC1)C2. The van der Waals surface area contributed by atoms with Crippen LogP contribution in [0.2, 0.25) is 0 Å². The molecule has 0 amide bonds. The predicted octanol–water partition coefficient (Wildman–Crippen LogP) is 3.90. The van der Waals surface area contributed by atoms with Gasteiger partial charge in [0.05, 0.1) is 0 Å². The van der Waals surface area contributed by atoms with Crippen molar-refractivity contribution >= 4 is 10.1 Å². The zero-order chi connectivity index (χ0) is 20.9. The molecule has 2 saturated carbocycles. The summed E-state index contributed by atoms with van der Waals surface area (Å²) in [6.45, 7) is 3.03. The molecule has 29 heavy (non-hydrogen) atoms. The first-order chi connectivity index (χ1) is 13.7. The van der Waals surface area contributed by atoms with Gasteiger partial charge >= 0.3 is 15.6 Å². The molecule has 4 rings (SSSR count). The zero-order valence-electron chi connectivity index (χ0n) is 16.3. The average Bonchev–Trinajstić information content (AvgIpc) is 3.44. The minimum atomic E-state index is -5.68. The lowest BCUT2D eigenvalue weighted by Crippen LogP contribution is -2.59. The smallest absolute Gasteiger partial charge is 0.376 e. The third kappa shape index (κ3) is 3.88. The average molecular weight is 433 g/mol. The lowest BCUT2D eigenvalue weighted by Gasteiger charge is -2.55. The number of methoxy groups -OCH3 is 1.